The number of halogens is 2. The largest absolute Gasteiger partial charge is 0.505 e. The molecule has 0 bridgehead atoms. The molecule has 0 atom stereocenters. The predicted octanol–water partition coefficient (Wildman–Crippen LogP) is 3.25. The highest BCUT2D eigenvalue weighted by molar-refractivity contribution is 8.02. The van der Waals surface area contributed by atoms with Crippen LogP contribution in [0.5, 0.6) is 0 Å². The van der Waals surface area contributed by atoms with Crippen LogP contribution in [-0.2, 0) is 10.0 Å². The van der Waals surface area contributed by atoms with Gasteiger partial charge in [-0.1, -0.05) is 24.3 Å². The monoisotopic (exact) mass is 358 g/mol. The maximum atomic E-state index is 12.9. The molecule has 9 heteroatoms. The molecular weight excluding hydrogens is 346 g/mol. The molecule has 0 spiro atoms. The van der Waals surface area contributed by atoms with Crippen molar-refractivity contribution < 1.29 is 22.3 Å². The van der Waals surface area contributed by atoms with E-state index in [0.717, 1.165) is 11.3 Å². The smallest absolute Gasteiger partial charge is 0.270 e. The number of nitrogens with zero attached hydrogens (tertiary/aromatic N) is 2. The first-order valence-corrected chi connectivity index (χ1v) is 8.90. The Hall–Kier alpha value is -2.00. The molecule has 5 nitrogen and oxygen atoms in total. The summed E-state index contributed by atoms with van der Waals surface area (Å²) in [6.07, 6.45) is -2.86. The quantitative estimate of drug-likeness (QED) is 0.914. The lowest BCUT2D eigenvalue weighted by atomic mass is 10.1. The summed E-state index contributed by atoms with van der Waals surface area (Å²) in [5.41, 5.74) is 2.21. The van der Waals surface area contributed by atoms with Crippen LogP contribution < -0.4 is 4.31 Å². The number of benzene rings is 1. The number of fused-ring (bicyclic) bond motifs is 1. The number of aliphatic hydroxyl groups excluding tert-OH is 1. The van der Waals surface area contributed by atoms with Crippen molar-refractivity contribution in [3.8, 4) is 0 Å². The van der Waals surface area contributed by atoms with Gasteiger partial charge in [0.15, 0.2) is 11.6 Å². The number of hydrogen-bond donors (Lipinski definition) is 1. The molecular formula is C14H12F2N2O3S2. The third-order valence-corrected chi connectivity index (χ3v) is 6.11. The first kappa shape index (κ1) is 15.9. The van der Waals surface area contributed by atoms with Crippen LogP contribution in [0, 0.1) is 6.92 Å². The van der Waals surface area contributed by atoms with E-state index in [2.05, 4.69) is 4.98 Å². The van der Waals surface area contributed by atoms with Crippen LogP contribution in [-0.4, -0.2) is 31.5 Å². The van der Waals surface area contributed by atoms with Crippen molar-refractivity contribution in [3.63, 3.8) is 0 Å². The van der Waals surface area contributed by atoms with Gasteiger partial charge in [-0.2, -0.15) is 0 Å². The number of sulfonamides is 1. The highest BCUT2D eigenvalue weighted by Crippen LogP contribution is 2.44. The van der Waals surface area contributed by atoms with Crippen molar-refractivity contribution in [1.29, 1.82) is 0 Å². The van der Waals surface area contributed by atoms with E-state index in [1.54, 1.807) is 25.1 Å². The maximum Gasteiger partial charge on any atom is 0.270 e. The number of rotatable bonds is 3. The molecule has 0 saturated heterocycles. The van der Waals surface area contributed by atoms with Crippen LogP contribution in [0.2, 0.25) is 0 Å². The molecule has 0 fully saturated rings. The summed E-state index contributed by atoms with van der Waals surface area (Å²) in [6.45, 7) is 0.673. The molecule has 0 saturated carbocycles. The lowest BCUT2D eigenvalue weighted by Crippen LogP contribution is -2.38. The molecule has 1 aliphatic heterocycles. The molecule has 0 aliphatic carbocycles. The van der Waals surface area contributed by atoms with Crippen LogP contribution in [0.1, 0.15) is 16.0 Å². The average Bonchev–Trinajstić information content (AvgIpc) is 2.94. The molecule has 1 aliphatic rings. The zero-order valence-electron chi connectivity index (χ0n) is 11.9. The summed E-state index contributed by atoms with van der Waals surface area (Å²) < 4.78 is 51.9. The number of aromatic nitrogens is 1. The SMILES string of the molecule is Cc1ccccc1C1=C(O)c2scnc2N(CC(F)F)S1(=O)=O. The van der Waals surface area contributed by atoms with Gasteiger partial charge in [-0.05, 0) is 12.5 Å². The minimum atomic E-state index is -4.34. The van der Waals surface area contributed by atoms with E-state index >= 15 is 0 Å². The van der Waals surface area contributed by atoms with E-state index in [0.29, 0.717) is 9.87 Å². The fourth-order valence-corrected chi connectivity index (χ4v) is 5.04. The van der Waals surface area contributed by atoms with E-state index in [9.17, 15) is 22.3 Å². The van der Waals surface area contributed by atoms with Gasteiger partial charge in [0.05, 0.1) is 12.1 Å². The van der Waals surface area contributed by atoms with Crippen molar-refractivity contribution in [2.45, 2.75) is 13.3 Å². The molecule has 1 N–H and O–H groups in total. The highest BCUT2D eigenvalue weighted by Gasteiger charge is 2.41. The van der Waals surface area contributed by atoms with Crippen LogP contribution in [0.4, 0.5) is 14.6 Å². The van der Waals surface area contributed by atoms with E-state index < -0.39 is 28.8 Å². The van der Waals surface area contributed by atoms with Gasteiger partial charge in [-0.15, -0.1) is 11.3 Å². The van der Waals surface area contributed by atoms with Crippen molar-refractivity contribution in [2.24, 2.45) is 0 Å². The Morgan fingerprint density at radius 1 is 1.35 bits per heavy atom. The number of hydrogen-bond acceptors (Lipinski definition) is 5. The molecule has 0 amide bonds. The fourth-order valence-electron chi connectivity index (χ4n) is 2.43. The average molecular weight is 358 g/mol. The van der Waals surface area contributed by atoms with Gasteiger partial charge >= 0.3 is 0 Å². The van der Waals surface area contributed by atoms with Crippen LogP contribution in [0.15, 0.2) is 29.8 Å². The fraction of sp³-hybridized carbons (Fsp3) is 0.214. The van der Waals surface area contributed by atoms with Gasteiger partial charge in [-0.3, -0.25) is 0 Å². The summed E-state index contributed by atoms with van der Waals surface area (Å²) in [7, 11) is -4.34. The summed E-state index contributed by atoms with van der Waals surface area (Å²) in [5, 5.41) is 10.4. The topological polar surface area (TPSA) is 70.5 Å². The summed E-state index contributed by atoms with van der Waals surface area (Å²) in [4.78, 5) is 3.62. The normalized spacial score (nSPS) is 16.8. The molecule has 2 heterocycles. The number of alkyl halides is 2. The van der Waals surface area contributed by atoms with E-state index in [-0.39, 0.29) is 21.2 Å². The number of anilines is 1. The van der Waals surface area contributed by atoms with E-state index in [1.807, 2.05) is 0 Å². The Balaban J connectivity index is 2.30. The van der Waals surface area contributed by atoms with Crippen molar-refractivity contribution >= 4 is 37.8 Å². The Morgan fingerprint density at radius 2 is 2.04 bits per heavy atom. The van der Waals surface area contributed by atoms with Crippen LogP contribution in [0.3, 0.4) is 0 Å². The zero-order valence-corrected chi connectivity index (χ0v) is 13.5. The van der Waals surface area contributed by atoms with E-state index in [4.69, 9.17) is 0 Å². The van der Waals surface area contributed by atoms with Gasteiger partial charge in [-0.25, -0.2) is 26.5 Å². The second-order valence-electron chi connectivity index (χ2n) is 4.92. The van der Waals surface area contributed by atoms with Gasteiger partial charge in [0.25, 0.3) is 16.4 Å². The third kappa shape index (κ3) is 2.49. The van der Waals surface area contributed by atoms with E-state index in [1.165, 1.54) is 11.6 Å². The number of aliphatic hydroxyl groups is 1. The van der Waals surface area contributed by atoms with Gasteiger partial charge in [0.1, 0.15) is 9.78 Å². The molecule has 3 rings (SSSR count). The zero-order chi connectivity index (χ0) is 16.8. The van der Waals surface area contributed by atoms with Gasteiger partial charge < -0.3 is 5.11 Å². The van der Waals surface area contributed by atoms with Crippen molar-refractivity contribution in [1.82, 2.24) is 4.98 Å². The molecule has 0 unspecified atom stereocenters. The number of thiazole rings is 1. The Kier molecular flexibility index (Phi) is 3.85. The Labute approximate surface area is 135 Å². The molecule has 122 valence electrons. The van der Waals surface area contributed by atoms with Gasteiger partial charge in [0, 0.05) is 5.56 Å². The van der Waals surface area contributed by atoms with Gasteiger partial charge in [0.2, 0.25) is 0 Å². The second-order valence-corrected chi connectivity index (χ2v) is 7.58. The second kappa shape index (κ2) is 5.57. The molecule has 0 radical (unpaired) electrons. The Bertz CT molecular complexity index is 891. The van der Waals surface area contributed by atoms with Crippen LogP contribution in [0.25, 0.3) is 10.7 Å². The summed E-state index contributed by atoms with van der Waals surface area (Å²) >= 11 is 0.999. The Morgan fingerprint density at radius 3 is 2.70 bits per heavy atom. The standard InChI is InChI=1S/C14H12F2N2O3S2/c1-8-4-2-3-5-9(8)13-11(19)12-14(17-7-22-12)18(6-10(15)16)23(13,20)21/h2-5,7,10,19H,6H2,1H3. The third-order valence-electron chi connectivity index (χ3n) is 3.46. The predicted molar refractivity (Wildman–Crippen MR) is 85.0 cm³/mol. The summed E-state index contributed by atoms with van der Waals surface area (Å²) in [6, 6.07) is 6.56. The van der Waals surface area contributed by atoms with Crippen LogP contribution >= 0.6 is 11.3 Å². The molecule has 23 heavy (non-hydrogen) atoms. The number of aryl methyl sites for hydroxylation is 1. The highest BCUT2D eigenvalue weighted by atomic mass is 32.2. The molecule has 2 aromatic rings. The summed E-state index contributed by atoms with van der Waals surface area (Å²) in [5.74, 6) is -0.618. The first-order valence-electron chi connectivity index (χ1n) is 6.58. The molecule has 1 aromatic heterocycles. The van der Waals surface area contributed by atoms with Crippen molar-refractivity contribution in [3.05, 3.63) is 45.8 Å². The maximum absolute atomic E-state index is 12.9. The lowest BCUT2D eigenvalue weighted by molar-refractivity contribution is 0.159. The minimum absolute atomic E-state index is 0.162. The lowest BCUT2D eigenvalue weighted by Gasteiger charge is -2.29. The molecule has 1 aromatic carbocycles. The van der Waals surface area contributed by atoms with Crippen molar-refractivity contribution in [2.75, 3.05) is 10.8 Å². The first-order chi connectivity index (χ1) is 10.8. The minimum Gasteiger partial charge on any atom is -0.505 e.